The molecule has 6 aromatic heterocycles. The van der Waals surface area contributed by atoms with E-state index in [2.05, 4.69) is 117 Å². The summed E-state index contributed by atoms with van der Waals surface area (Å²) in [6, 6.07) is 25.9. The molecule has 0 radical (unpaired) electrons. The molecule has 0 fully saturated rings. The van der Waals surface area contributed by atoms with Crippen LogP contribution in [-0.4, -0.2) is 106 Å². The summed E-state index contributed by atoms with van der Waals surface area (Å²) in [4.78, 5) is 51.2. The van der Waals surface area contributed by atoms with E-state index in [4.69, 9.17) is 30.0 Å². The van der Waals surface area contributed by atoms with Crippen LogP contribution in [0.5, 0.6) is 0 Å². The van der Waals surface area contributed by atoms with Gasteiger partial charge in [-0.1, -0.05) is 13.8 Å². The second-order valence-electron chi connectivity index (χ2n) is 15.8. The van der Waals surface area contributed by atoms with Crippen molar-refractivity contribution in [2.75, 3.05) is 39.3 Å². The van der Waals surface area contributed by atoms with E-state index in [0.29, 0.717) is 0 Å². The third kappa shape index (κ3) is 8.83. The Balaban J connectivity index is 1.16. The Morgan fingerprint density at radius 2 is 0.500 bits per heavy atom. The lowest BCUT2D eigenvalue weighted by atomic mass is 9.76. The maximum Gasteiger partial charge on any atom is 0.0898 e. The second-order valence-corrected chi connectivity index (χ2v) is 15.8. The number of aromatic amines is 6. The van der Waals surface area contributed by atoms with Gasteiger partial charge in [0.15, 0.2) is 0 Å². The van der Waals surface area contributed by atoms with Crippen molar-refractivity contribution in [1.29, 1.82) is 0 Å². The van der Waals surface area contributed by atoms with Crippen LogP contribution in [0.15, 0.2) is 103 Å². The fraction of sp³-hybridized carbons (Fsp3) is 0.375. The molecule has 0 saturated heterocycles. The Hall–Kier alpha value is -6.30. The van der Waals surface area contributed by atoms with Gasteiger partial charge >= 0.3 is 0 Å². The van der Waals surface area contributed by atoms with Gasteiger partial charge in [-0.15, -0.1) is 0 Å². The lowest BCUT2D eigenvalue weighted by molar-refractivity contribution is 0.549. The summed E-state index contributed by atoms with van der Waals surface area (Å²) in [6.45, 7) is 8.88. The standard InChI is InChI=1S/C48H58N12/c1-3-47-41-17-11-35(55-41)29-49-23-5-8-26-52-32-38-14-20-44(58-38)48(4-2,45-21-15-39(59-45)33-53-27-9-6-24-50-30-36-12-18-42(47)56-36)46-22-16-40(60-46)34-54-28-10-7-25-51-31-37-13-19-43(47)57-37/h11-22,29-34,55-60H,3-10,23-28H2,1-2H3. The molecule has 0 atom stereocenters. The highest BCUT2D eigenvalue weighted by Gasteiger charge is 2.40. The molecule has 3 aliphatic heterocycles. The fourth-order valence-corrected chi connectivity index (χ4v) is 8.63. The van der Waals surface area contributed by atoms with E-state index in [0.717, 1.165) is 159 Å². The molecule has 12 heteroatoms. The molecule has 6 aromatic rings. The van der Waals surface area contributed by atoms with Gasteiger partial charge in [-0.25, -0.2) is 0 Å². The first-order valence-corrected chi connectivity index (χ1v) is 21.8. The number of nitrogens with one attached hydrogen (secondary N) is 6. The van der Waals surface area contributed by atoms with Crippen molar-refractivity contribution in [2.45, 2.75) is 76.0 Å². The van der Waals surface area contributed by atoms with Crippen LogP contribution < -0.4 is 0 Å². The van der Waals surface area contributed by atoms with E-state index in [1.165, 1.54) is 0 Å². The minimum atomic E-state index is -0.489. The summed E-state index contributed by atoms with van der Waals surface area (Å²) >= 11 is 0. The van der Waals surface area contributed by atoms with Crippen LogP contribution in [0.25, 0.3) is 0 Å². The molecule has 0 aromatic carbocycles. The molecule has 0 amide bonds. The van der Waals surface area contributed by atoms with E-state index < -0.39 is 10.8 Å². The largest absolute Gasteiger partial charge is 0.357 e. The predicted octanol–water partition coefficient (Wildman–Crippen LogP) is 8.73. The number of hydrogen-bond acceptors (Lipinski definition) is 6. The van der Waals surface area contributed by atoms with Crippen molar-refractivity contribution in [1.82, 2.24) is 29.9 Å². The maximum absolute atomic E-state index is 4.80. The monoisotopic (exact) mass is 802 g/mol. The van der Waals surface area contributed by atoms with Crippen LogP contribution in [-0.2, 0) is 10.8 Å². The first-order valence-electron chi connectivity index (χ1n) is 21.8. The lowest BCUT2D eigenvalue weighted by Crippen LogP contribution is -2.30. The second kappa shape index (κ2) is 19.2. The van der Waals surface area contributed by atoms with Crippen molar-refractivity contribution in [2.24, 2.45) is 30.0 Å². The number of aliphatic imine (C=N–C) groups is 6. The van der Waals surface area contributed by atoms with Crippen molar-refractivity contribution in [3.63, 3.8) is 0 Å². The van der Waals surface area contributed by atoms with E-state index in [-0.39, 0.29) is 0 Å². The highest BCUT2D eigenvalue weighted by molar-refractivity contribution is 5.81. The number of rotatable bonds is 2. The molecule has 9 heterocycles. The van der Waals surface area contributed by atoms with Gasteiger partial charge in [0.25, 0.3) is 0 Å². The van der Waals surface area contributed by atoms with Crippen LogP contribution >= 0.6 is 0 Å². The zero-order valence-corrected chi connectivity index (χ0v) is 35.0. The summed E-state index contributed by atoms with van der Waals surface area (Å²) in [6.07, 6.45) is 19.1. The van der Waals surface area contributed by atoms with Gasteiger partial charge in [0, 0.05) is 111 Å². The van der Waals surface area contributed by atoms with E-state index >= 15 is 0 Å². The van der Waals surface area contributed by atoms with Crippen LogP contribution in [0.1, 0.15) is 134 Å². The maximum atomic E-state index is 4.80. The summed E-state index contributed by atoms with van der Waals surface area (Å²) in [5.74, 6) is 0. The topological polar surface area (TPSA) is 169 Å². The number of fused-ring (bicyclic) bond motifs is 15. The third-order valence-electron chi connectivity index (χ3n) is 11.9. The van der Waals surface area contributed by atoms with Crippen LogP contribution in [0.2, 0.25) is 0 Å². The summed E-state index contributed by atoms with van der Waals surface area (Å²) in [5, 5.41) is 0. The quantitative estimate of drug-likeness (QED) is 0.0986. The first kappa shape index (κ1) is 40.5. The van der Waals surface area contributed by atoms with Gasteiger partial charge in [0.2, 0.25) is 0 Å². The number of hydrogen-bond donors (Lipinski definition) is 6. The van der Waals surface area contributed by atoms with E-state index in [1.807, 2.05) is 37.3 Å². The molecule has 6 N–H and O–H groups in total. The molecule has 0 aliphatic carbocycles. The zero-order chi connectivity index (χ0) is 41.0. The average Bonchev–Trinajstić information content (AvgIpc) is 4.12. The molecular weight excluding hydrogens is 745 g/mol. The van der Waals surface area contributed by atoms with E-state index in [9.17, 15) is 0 Å². The van der Waals surface area contributed by atoms with Gasteiger partial charge in [-0.3, -0.25) is 30.0 Å². The van der Waals surface area contributed by atoms with Crippen molar-refractivity contribution >= 4 is 37.3 Å². The average molecular weight is 803 g/mol. The Labute approximate surface area is 352 Å². The molecule has 60 heavy (non-hydrogen) atoms. The highest BCUT2D eigenvalue weighted by atomic mass is 14.9. The minimum Gasteiger partial charge on any atom is -0.357 e. The van der Waals surface area contributed by atoms with Gasteiger partial charge in [-0.05, 0) is 124 Å². The Kier molecular flexibility index (Phi) is 12.9. The zero-order valence-electron chi connectivity index (χ0n) is 35.0. The number of H-pyrrole nitrogens is 6. The van der Waals surface area contributed by atoms with Crippen LogP contribution in [0.4, 0.5) is 0 Å². The Morgan fingerprint density at radius 3 is 0.667 bits per heavy atom. The Bertz CT molecular complexity index is 2030. The predicted molar refractivity (Wildman–Crippen MR) is 248 cm³/mol. The fourth-order valence-electron chi connectivity index (χ4n) is 8.63. The summed E-state index contributed by atoms with van der Waals surface area (Å²) < 4.78 is 0. The number of aromatic nitrogens is 6. The molecular formula is C48H58N12. The van der Waals surface area contributed by atoms with Crippen molar-refractivity contribution < 1.29 is 0 Å². The number of nitrogens with zero attached hydrogens (tertiary/aromatic N) is 6. The highest BCUT2D eigenvalue weighted by Crippen LogP contribution is 2.42. The van der Waals surface area contributed by atoms with Gasteiger partial charge in [-0.2, -0.15) is 0 Å². The first-order chi connectivity index (χ1) is 29.6. The van der Waals surface area contributed by atoms with Crippen molar-refractivity contribution in [3.8, 4) is 0 Å². The van der Waals surface area contributed by atoms with Gasteiger partial charge in [0.1, 0.15) is 0 Å². The Morgan fingerprint density at radius 1 is 0.317 bits per heavy atom. The summed E-state index contributed by atoms with van der Waals surface area (Å²) in [7, 11) is 0. The molecule has 9 rings (SSSR count). The molecule has 3 aliphatic rings. The third-order valence-corrected chi connectivity index (χ3v) is 11.9. The van der Waals surface area contributed by atoms with Gasteiger partial charge < -0.3 is 29.9 Å². The summed E-state index contributed by atoms with van der Waals surface area (Å²) in [5.41, 5.74) is 11.4. The molecule has 14 bridgehead atoms. The smallest absolute Gasteiger partial charge is 0.0898 e. The minimum absolute atomic E-state index is 0.489. The normalized spacial score (nSPS) is 20.9. The molecule has 0 saturated carbocycles. The molecule has 0 unspecified atom stereocenters. The van der Waals surface area contributed by atoms with E-state index in [1.54, 1.807) is 0 Å². The SMILES string of the molecule is CCC12c3ccc([nH]3)C=NCCCCN=Cc3ccc([nH]3)C(CC)(c3ccc([nH]3)C=NCCCCN=Cc3ccc1[nH]3)c1ccc([nH]1)C=NCCCCN=Cc1ccc2[nH]1. The molecule has 12 nitrogen and oxygen atoms in total. The van der Waals surface area contributed by atoms with Crippen molar-refractivity contribution in [3.05, 3.63) is 141 Å². The van der Waals surface area contributed by atoms with Crippen LogP contribution in [0, 0.1) is 0 Å². The molecule has 310 valence electrons. The van der Waals surface area contributed by atoms with Gasteiger partial charge in [0.05, 0.1) is 45.0 Å². The van der Waals surface area contributed by atoms with Crippen LogP contribution in [0.3, 0.4) is 0 Å². The lowest BCUT2D eigenvalue weighted by Gasteiger charge is -2.31. The molecule has 0 spiro atoms.